The molecule has 0 saturated heterocycles. The van der Waals surface area contributed by atoms with Crippen LogP contribution in [0.15, 0.2) is 0 Å². The molecule has 0 aliphatic heterocycles. The highest BCUT2D eigenvalue weighted by Crippen LogP contribution is 2.04. The second-order valence-electron chi connectivity index (χ2n) is 3.22. The van der Waals surface area contributed by atoms with Crippen molar-refractivity contribution in [3.8, 4) is 0 Å². The van der Waals surface area contributed by atoms with Gasteiger partial charge in [0.1, 0.15) is 0 Å². The molecule has 1 rings (SSSR count). The first kappa shape index (κ1) is 11.1. The number of hydrogen-bond donors (Lipinski definition) is 2. The Kier molecular flexibility index (Phi) is 4.48. The molecule has 1 aromatic rings. The molecule has 6 heteroatoms. The Morgan fingerprint density at radius 3 is 2.86 bits per heavy atom. The van der Waals surface area contributed by atoms with Gasteiger partial charge in [-0.25, -0.2) is 0 Å². The maximum atomic E-state index is 5.29. The molecule has 14 heavy (non-hydrogen) atoms. The average Bonchev–Trinajstić information content (AvgIpc) is 2.67. The normalized spacial score (nSPS) is 15.4. The number of H-pyrrole nitrogens is 1. The summed E-state index contributed by atoms with van der Waals surface area (Å²) < 4.78 is 5.29. The van der Waals surface area contributed by atoms with Crippen LogP contribution >= 0.6 is 0 Å². The van der Waals surface area contributed by atoms with E-state index in [4.69, 9.17) is 4.74 Å². The van der Waals surface area contributed by atoms with Gasteiger partial charge in [-0.05, 0) is 20.8 Å². The molecule has 0 saturated carbocycles. The summed E-state index contributed by atoms with van der Waals surface area (Å²) in [5.41, 5.74) is 0. The van der Waals surface area contributed by atoms with E-state index in [9.17, 15) is 0 Å². The monoisotopic (exact) mass is 199 g/mol. The summed E-state index contributed by atoms with van der Waals surface area (Å²) in [5, 5.41) is 17.0. The lowest BCUT2D eigenvalue weighted by Gasteiger charge is -2.16. The lowest BCUT2D eigenvalue weighted by Crippen LogP contribution is -2.33. The Bertz CT molecular complexity index is 238. The summed E-state index contributed by atoms with van der Waals surface area (Å²) in [6.07, 6.45) is 0. The van der Waals surface area contributed by atoms with Gasteiger partial charge >= 0.3 is 0 Å². The van der Waals surface area contributed by atoms with Gasteiger partial charge in [0.15, 0.2) is 5.82 Å². The third-order valence-corrected chi connectivity index (χ3v) is 1.86. The average molecular weight is 199 g/mol. The number of nitrogens with zero attached hydrogens (tertiary/aromatic N) is 3. The van der Waals surface area contributed by atoms with Gasteiger partial charge in [0.25, 0.3) is 0 Å². The van der Waals surface area contributed by atoms with Gasteiger partial charge < -0.3 is 10.1 Å². The topological polar surface area (TPSA) is 75.7 Å². The van der Waals surface area contributed by atoms with Crippen LogP contribution in [0.25, 0.3) is 0 Å². The first-order chi connectivity index (χ1) is 6.74. The molecule has 0 aliphatic rings. The third-order valence-electron chi connectivity index (χ3n) is 1.86. The van der Waals surface area contributed by atoms with E-state index >= 15 is 0 Å². The Labute approximate surface area is 83.4 Å². The molecule has 1 aromatic heterocycles. The van der Waals surface area contributed by atoms with Crippen molar-refractivity contribution in [2.45, 2.75) is 32.9 Å². The molecule has 0 aromatic carbocycles. The molecule has 2 atom stereocenters. The molecule has 0 radical (unpaired) electrons. The molecule has 80 valence electrons. The molecule has 0 bridgehead atoms. The number of nitrogens with one attached hydrogen (secondary N) is 2. The van der Waals surface area contributed by atoms with Crippen molar-refractivity contribution in [3.05, 3.63) is 5.82 Å². The number of rotatable bonds is 6. The highest BCUT2D eigenvalue weighted by atomic mass is 16.5. The maximum absolute atomic E-state index is 5.29. The zero-order valence-electron chi connectivity index (χ0n) is 8.82. The zero-order chi connectivity index (χ0) is 10.4. The van der Waals surface area contributed by atoms with Crippen molar-refractivity contribution in [1.29, 1.82) is 0 Å². The quantitative estimate of drug-likeness (QED) is 0.688. The van der Waals surface area contributed by atoms with Gasteiger partial charge in [-0.15, -0.1) is 10.2 Å². The minimum absolute atomic E-state index is 0.0872. The highest BCUT2D eigenvalue weighted by Gasteiger charge is 2.12. The Morgan fingerprint density at radius 2 is 2.29 bits per heavy atom. The summed E-state index contributed by atoms with van der Waals surface area (Å²) in [6.45, 7) is 7.47. The smallest absolute Gasteiger partial charge is 0.191 e. The van der Waals surface area contributed by atoms with Gasteiger partial charge in [-0.1, -0.05) is 5.21 Å². The number of ether oxygens (including phenoxy) is 1. The lowest BCUT2D eigenvalue weighted by atomic mass is 10.2. The molecule has 0 amide bonds. The Balaban J connectivity index is 2.29. The molecular formula is C8H17N5O. The van der Waals surface area contributed by atoms with Crippen LogP contribution in [0, 0.1) is 0 Å². The van der Waals surface area contributed by atoms with E-state index in [1.54, 1.807) is 0 Å². The number of aromatic amines is 1. The van der Waals surface area contributed by atoms with Gasteiger partial charge in [0, 0.05) is 12.6 Å². The van der Waals surface area contributed by atoms with Crippen molar-refractivity contribution in [3.63, 3.8) is 0 Å². The number of tetrazole rings is 1. The fourth-order valence-corrected chi connectivity index (χ4v) is 1.20. The lowest BCUT2D eigenvalue weighted by molar-refractivity contribution is 0.124. The molecule has 0 spiro atoms. The number of hydrogen-bond acceptors (Lipinski definition) is 5. The minimum atomic E-state index is 0.0872. The molecular weight excluding hydrogens is 182 g/mol. The predicted octanol–water partition coefficient (Wildman–Crippen LogP) is 0.275. The first-order valence-corrected chi connectivity index (χ1v) is 4.81. The van der Waals surface area contributed by atoms with Crippen LogP contribution in [0.4, 0.5) is 0 Å². The van der Waals surface area contributed by atoms with E-state index in [2.05, 4.69) is 32.9 Å². The van der Waals surface area contributed by atoms with Gasteiger partial charge in [-0.2, -0.15) is 5.21 Å². The SMILES string of the molecule is CCOCC(C)NC(C)c1nn[nH]n1. The van der Waals surface area contributed by atoms with Gasteiger partial charge in [-0.3, -0.25) is 0 Å². The van der Waals surface area contributed by atoms with Crippen LogP contribution in [-0.4, -0.2) is 39.9 Å². The zero-order valence-corrected chi connectivity index (χ0v) is 8.82. The van der Waals surface area contributed by atoms with Crippen molar-refractivity contribution in [1.82, 2.24) is 25.9 Å². The van der Waals surface area contributed by atoms with E-state index in [1.807, 2.05) is 13.8 Å². The molecule has 6 nitrogen and oxygen atoms in total. The summed E-state index contributed by atoms with van der Waals surface area (Å²) in [4.78, 5) is 0. The summed E-state index contributed by atoms with van der Waals surface area (Å²) >= 11 is 0. The molecule has 1 heterocycles. The summed E-state index contributed by atoms with van der Waals surface area (Å²) in [5.74, 6) is 0.674. The van der Waals surface area contributed by atoms with Crippen molar-refractivity contribution < 1.29 is 4.74 Å². The Hall–Kier alpha value is -1.01. The van der Waals surface area contributed by atoms with Crippen LogP contribution in [-0.2, 0) is 4.74 Å². The summed E-state index contributed by atoms with van der Waals surface area (Å²) in [7, 11) is 0. The molecule has 0 aliphatic carbocycles. The predicted molar refractivity (Wildman–Crippen MR) is 51.7 cm³/mol. The van der Waals surface area contributed by atoms with Gasteiger partial charge in [0.2, 0.25) is 0 Å². The second kappa shape index (κ2) is 5.66. The van der Waals surface area contributed by atoms with Crippen LogP contribution in [0.5, 0.6) is 0 Å². The standard InChI is InChI=1S/C8H17N5O/c1-4-14-5-6(2)9-7(3)8-10-12-13-11-8/h6-7,9H,4-5H2,1-3H3,(H,10,11,12,13). The minimum Gasteiger partial charge on any atom is -0.380 e. The third kappa shape index (κ3) is 3.39. The van der Waals surface area contributed by atoms with Crippen molar-refractivity contribution in [2.24, 2.45) is 0 Å². The molecule has 2 N–H and O–H groups in total. The van der Waals surface area contributed by atoms with Crippen LogP contribution in [0.2, 0.25) is 0 Å². The molecule has 2 unspecified atom stereocenters. The van der Waals surface area contributed by atoms with Crippen LogP contribution < -0.4 is 5.32 Å². The van der Waals surface area contributed by atoms with Gasteiger partial charge in [0.05, 0.1) is 12.6 Å². The fourth-order valence-electron chi connectivity index (χ4n) is 1.20. The maximum Gasteiger partial charge on any atom is 0.191 e. The van der Waals surface area contributed by atoms with E-state index in [0.29, 0.717) is 12.4 Å². The summed E-state index contributed by atoms with van der Waals surface area (Å²) in [6, 6.07) is 0.368. The molecule has 0 fully saturated rings. The van der Waals surface area contributed by atoms with E-state index in [-0.39, 0.29) is 12.1 Å². The first-order valence-electron chi connectivity index (χ1n) is 4.81. The fraction of sp³-hybridized carbons (Fsp3) is 0.875. The van der Waals surface area contributed by atoms with Crippen molar-refractivity contribution in [2.75, 3.05) is 13.2 Å². The largest absolute Gasteiger partial charge is 0.380 e. The van der Waals surface area contributed by atoms with Crippen LogP contribution in [0.3, 0.4) is 0 Å². The second-order valence-corrected chi connectivity index (χ2v) is 3.22. The highest BCUT2D eigenvalue weighted by molar-refractivity contribution is 4.86. The number of aromatic nitrogens is 4. The Morgan fingerprint density at radius 1 is 1.50 bits per heavy atom. The van der Waals surface area contributed by atoms with Crippen LogP contribution in [0.1, 0.15) is 32.6 Å². The van der Waals surface area contributed by atoms with E-state index in [1.165, 1.54) is 0 Å². The van der Waals surface area contributed by atoms with Crippen molar-refractivity contribution >= 4 is 0 Å². The van der Waals surface area contributed by atoms with E-state index < -0.39 is 0 Å². The van der Waals surface area contributed by atoms with E-state index in [0.717, 1.165) is 6.61 Å².